The first-order valence-electron chi connectivity index (χ1n) is 19.1. The normalized spacial score (nSPS) is 12.9. The van der Waals surface area contributed by atoms with Crippen molar-refractivity contribution in [1.82, 2.24) is 9.97 Å². The molecule has 2 heterocycles. The zero-order valence-electron chi connectivity index (χ0n) is 30.4. The topological polar surface area (TPSA) is 35.0 Å². The summed E-state index contributed by atoms with van der Waals surface area (Å²) in [6.45, 7) is 0. The molecule has 8 aromatic carbocycles. The fraction of sp³-hybridized carbons (Fsp3) is 0.0189. The molecule has 0 radical (unpaired) electrons. The van der Waals surface area contributed by atoms with Crippen LogP contribution in [0.25, 0.3) is 67.3 Å². The smallest absolute Gasteiger partial charge is 0.160 e. The van der Waals surface area contributed by atoms with Gasteiger partial charge in [-0.1, -0.05) is 182 Å². The standard InChI is InChI=1S/C53H34N2O/c1-3-17-35(18-4-1)38-21-7-9-25-42(38)48-34-49(55-52(54-48)36-19-5-2-6-20-36)43-26-10-8-22-39(43)37-31-32-51-47(33-37)53(46-29-15-16-30-50(46)56-51)44-27-13-11-23-40(44)41-24-12-14-28-45(41)53/h1-34H. The molecule has 0 bridgehead atoms. The van der Waals surface area contributed by atoms with Crippen LogP contribution >= 0.6 is 0 Å². The molecule has 1 spiro atoms. The minimum atomic E-state index is -0.550. The average molecular weight is 715 g/mol. The summed E-state index contributed by atoms with van der Waals surface area (Å²) in [4.78, 5) is 10.5. The van der Waals surface area contributed by atoms with Crippen molar-refractivity contribution in [1.29, 1.82) is 0 Å². The second kappa shape index (κ2) is 12.9. The summed E-state index contributed by atoms with van der Waals surface area (Å²) >= 11 is 0. The monoisotopic (exact) mass is 714 g/mol. The molecule has 11 rings (SSSR count). The summed E-state index contributed by atoms with van der Waals surface area (Å²) in [5, 5.41) is 0. The molecule has 0 unspecified atom stereocenters. The Morgan fingerprint density at radius 1 is 0.304 bits per heavy atom. The van der Waals surface area contributed by atoms with Crippen molar-refractivity contribution in [3.05, 3.63) is 229 Å². The van der Waals surface area contributed by atoms with Gasteiger partial charge in [0.05, 0.1) is 16.8 Å². The number of hydrogen-bond acceptors (Lipinski definition) is 3. The molecule has 0 atom stereocenters. The summed E-state index contributed by atoms with van der Waals surface area (Å²) in [6.07, 6.45) is 0. The maximum atomic E-state index is 6.76. The fourth-order valence-corrected chi connectivity index (χ4v) is 9.00. The molecule has 9 aromatic rings. The third-order valence-corrected chi connectivity index (χ3v) is 11.4. The predicted molar refractivity (Wildman–Crippen MR) is 227 cm³/mol. The minimum Gasteiger partial charge on any atom is -0.457 e. The van der Waals surface area contributed by atoms with Crippen molar-refractivity contribution in [2.75, 3.05) is 0 Å². The van der Waals surface area contributed by atoms with Gasteiger partial charge in [-0.15, -0.1) is 0 Å². The molecule has 1 aliphatic heterocycles. The lowest BCUT2D eigenvalue weighted by atomic mass is 9.65. The quantitative estimate of drug-likeness (QED) is 0.178. The Bertz CT molecular complexity index is 2910. The van der Waals surface area contributed by atoms with Gasteiger partial charge in [-0.05, 0) is 68.8 Å². The molecular weight excluding hydrogens is 681 g/mol. The third kappa shape index (κ3) is 4.91. The molecular formula is C53H34N2O. The van der Waals surface area contributed by atoms with Crippen molar-refractivity contribution in [3.63, 3.8) is 0 Å². The fourth-order valence-electron chi connectivity index (χ4n) is 9.00. The van der Waals surface area contributed by atoms with Gasteiger partial charge in [-0.2, -0.15) is 0 Å². The lowest BCUT2D eigenvalue weighted by molar-refractivity contribution is 0.436. The lowest BCUT2D eigenvalue weighted by Gasteiger charge is -2.39. The first-order chi connectivity index (χ1) is 27.8. The van der Waals surface area contributed by atoms with Crippen LogP contribution in [0.1, 0.15) is 22.3 Å². The van der Waals surface area contributed by atoms with Crippen LogP contribution in [0.3, 0.4) is 0 Å². The summed E-state index contributed by atoms with van der Waals surface area (Å²) in [5.41, 5.74) is 16.0. The molecule has 0 amide bonds. The Balaban J connectivity index is 1.13. The first kappa shape index (κ1) is 32.1. The molecule has 0 fully saturated rings. The molecule has 262 valence electrons. The maximum Gasteiger partial charge on any atom is 0.160 e. The minimum absolute atomic E-state index is 0.550. The number of aromatic nitrogens is 2. The van der Waals surface area contributed by atoms with Crippen LogP contribution in [0.2, 0.25) is 0 Å². The van der Waals surface area contributed by atoms with Crippen LogP contribution in [0.4, 0.5) is 0 Å². The van der Waals surface area contributed by atoms with Gasteiger partial charge in [-0.3, -0.25) is 0 Å². The Morgan fingerprint density at radius 3 is 1.36 bits per heavy atom. The van der Waals surface area contributed by atoms with Crippen molar-refractivity contribution in [3.8, 4) is 78.8 Å². The van der Waals surface area contributed by atoms with Crippen molar-refractivity contribution in [2.24, 2.45) is 0 Å². The third-order valence-electron chi connectivity index (χ3n) is 11.4. The van der Waals surface area contributed by atoms with E-state index < -0.39 is 5.41 Å². The largest absolute Gasteiger partial charge is 0.457 e. The second-order valence-electron chi connectivity index (χ2n) is 14.4. The van der Waals surface area contributed by atoms with E-state index in [1.165, 1.54) is 22.3 Å². The lowest BCUT2D eigenvalue weighted by Crippen LogP contribution is -2.32. The van der Waals surface area contributed by atoms with Crippen molar-refractivity contribution < 1.29 is 4.74 Å². The molecule has 0 N–H and O–H groups in total. The van der Waals surface area contributed by atoms with E-state index >= 15 is 0 Å². The zero-order chi connectivity index (χ0) is 37.1. The van der Waals surface area contributed by atoms with Crippen LogP contribution < -0.4 is 4.74 Å². The van der Waals surface area contributed by atoms with Gasteiger partial charge in [0.15, 0.2) is 5.82 Å². The highest BCUT2D eigenvalue weighted by atomic mass is 16.5. The summed E-state index contributed by atoms with van der Waals surface area (Å²) in [6, 6.07) is 73.0. The zero-order valence-corrected chi connectivity index (χ0v) is 30.4. The van der Waals surface area contributed by atoms with Gasteiger partial charge < -0.3 is 4.74 Å². The Kier molecular flexibility index (Phi) is 7.39. The molecule has 0 saturated heterocycles. The number of hydrogen-bond donors (Lipinski definition) is 0. The predicted octanol–water partition coefficient (Wildman–Crippen LogP) is 13.3. The van der Waals surface area contributed by atoms with Crippen LogP contribution in [-0.2, 0) is 5.41 Å². The Morgan fingerprint density at radius 2 is 0.750 bits per heavy atom. The second-order valence-corrected chi connectivity index (χ2v) is 14.4. The maximum absolute atomic E-state index is 6.76. The van der Waals surface area contributed by atoms with Gasteiger partial charge in [0.25, 0.3) is 0 Å². The van der Waals surface area contributed by atoms with Gasteiger partial charge in [0.1, 0.15) is 11.5 Å². The van der Waals surface area contributed by atoms with Crippen LogP contribution in [0, 0.1) is 0 Å². The van der Waals surface area contributed by atoms with Gasteiger partial charge >= 0.3 is 0 Å². The van der Waals surface area contributed by atoms with E-state index in [-0.39, 0.29) is 0 Å². The van der Waals surface area contributed by atoms with Crippen LogP contribution in [-0.4, -0.2) is 9.97 Å². The number of rotatable bonds is 5. The SMILES string of the molecule is c1ccc(-c2nc(-c3ccccc3-c3ccccc3)cc(-c3ccccc3-c3ccc4c(c3)C3(c5ccccc5O4)c4ccccc4-c4ccccc43)n2)cc1. The van der Waals surface area contributed by atoms with E-state index in [9.17, 15) is 0 Å². The van der Waals surface area contributed by atoms with Crippen LogP contribution in [0.5, 0.6) is 11.5 Å². The molecule has 3 nitrogen and oxygen atoms in total. The van der Waals surface area contributed by atoms with E-state index in [0.29, 0.717) is 5.82 Å². The first-order valence-corrected chi connectivity index (χ1v) is 19.1. The van der Waals surface area contributed by atoms with E-state index in [0.717, 1.165) is 73.0 Å². The molecule has 1 aliphatic carbocycles. The number of benzene rings is 8. The van der Waals surface area contributed by atoms with E-state index in [2.05, 4.69) is 188 Å². The summed E-state index contributed by atoms with van der Waals surface area (Å²) in [7, 11) is 0. The van der Waals surface area contributed by atoms with E-state index in [1.54, 1.807) is 0 Å². The van der Waals surface area contributed by atoms with E-state index in [4.69, 9.17) is 14.7 Å². The molecule has 2 aliphatic rings. The van der Waals surface area contributed by atoms with Crippen molar-refractivity contribution >= 4 is 0 Å². The Hall–Kier alpha value is -7.36. The highest BCUT2D eigenvalue weighted by Gasteiger charge is 2.51. The van der Waals surface area contributed by atoms with Crippen LogP contribution in [0.15, 0.2) is 206 Å². The highest BCUT2D eigenvalue weighted by Crippen LogP contribution is 2.62. The van der Waals surface area contributed by atoms with Gasteiger partial charge in [-0.25, -0.2) is 9.97 Å². The van der Waals surface area contributed by atoms with Gasteiger partial charge in [0.2, 0.25) is 0 Å². The van der Waals surface area contributed by atoms with E-state index in [1.807, 2.05) is 18.2 Å². The molecule has 0 saturated carbocycles. The number of fused-ring (bicyclic) bond motifs is 9. The average Bonchev–Trinajstić information content (AvgIpc) is 3.57. The number of ether oxygens (including phenoxy) is 1. The highest BCUT2D eigenvalue weighted by molar-refractivity contribution is 5.91. The Labute approximate surface area is 326 Å². The number of para-hydroxylation sites is 1. The molecule has 1 aromatic heterocycles. The number of nitrogens with zero attached hydrogens (tertiary/aromatic N) is 2. The molecule has 3 heteroatoms. The molecule has 56 heavy (non-hydrogen) atoms. The summed E-state index contributed by atoms with van der Waals surface area (Å²) in [5.74, 6) is 2.44. The van der Waals surface area contributed by atoms with Gasteiger partial charge in [0, 0.05) is 27.8 Å². The summed E-state index contributed by atoms with van der Waals surface area (Å²) < 4.78 is 6.76. The van der Waals surface area contributed by atoms with Crippen molar-refractivity contribution in [2.45, 2.75) is 5.41 Å².